The van der Waals surface area contributed by atoms with E-state index < -0.39 is 5.76 Å². The molecule has 2 unspecified atom stereocenters. The van der Waals surface area contributed by atoms with Crippen LogP contribution < -0.4 is 5.76 Å². The minimum absolute atomic E-state index is 0.335. The summed E-state index contributed by atoms with van der Waals surface area (Å²) < 4.78 is 5.08. The number of nitrogens with one attached hydrogen (secondary N) is 1. The van der Waals surface area contributed by atoms with Crippen molar-refractivity contribution in [3.05, 3.63) is 34.3 Å². The van der Waals surface area contributed by atoms with Gasteiger partial charge in [0.25, 0.3) is 0 Å². The molecule has 0 spiro atoms. The third-order valence-corrected chi connectivity index (χ3v) is 4.87. The Kier molecular flexibility index (Phi) is 2.27. The van der Waals surface area contributed by atoms with Gasteiger partial charge in [0, 0.05) is 4.83 Å². The second-order valence-electron chi connectivity index (χ2n) is 5.47. The van der Waals surface area contributed by atoms with E-state index in [1.807, 2.05) is 18.2 Å². The van der Waals surface area contributed by atoms with Crippen LogP contribution >= 0.6 is 15.9 Å². The van der Waals surface area contributed by atoms with Crippen LogP contribution in [0.15, 0.2) is 27.4 Å². The fourth-order valence-electron chi connectivity index (χ4n) is 2.37. The molecule has 4 heteroatoms. The van der Waals surface area contributed by atoms with Crippen molar-refractivity contribution in [1.82, 2.24) is 4.98 Å². The van der Waals surface area contributed by atoms with Crippen LogP contribution in [0.3, 0.4) is 0 Å². The lowest BCUT2D eigenvalue weighted by atomic mass is 10.0. The summed E-state index contributed by atoms with van der Waals surface area (Å²) in [4.78, 5) is 14.1. The Morgan fingerprint density at radius 2 is 2.24 bits per heavy atom. The van der Waals surface area contributed by atoms with Crippen molar-refractivity contribution in [2.24, 2.45) is 11.3 Å². The number of aromatic nitrogens is 1. The highest BCUT2D eigenvalue weighted by molar-refractivity contribution is 9.09. The van der Waals surface area contributed by atoms with Crippen molar-refractivity contribution in [3.63, 3.8) is 0 Å². The van der Waals surface area contributed by atoms with Gasteiger partial charge in [-0.05, 0) is 35.4 Å². The fourth-order valence-corrected chi connectivity index (χ4v) is 3.56. The van der Waals surface area contributed by atoms with E-state index in [1.54, 1.807) is 0 Å². The Balaban J connectivity index is 1.98. The van der Waals surface area contributed by atoms with Crippen LogP contribution in [0.2, 0.25) is 0 Å². The second-order valence-corrected chi connectivity index (χ2v) is 6.46. The Morgan fingerprint density at radius 1 is 1.53 bits per heavy atom. The molecule has 0 saturated heterocycles. The van der Waals surface area contributed by atoms with Gasteiger partial charge in [-0.1, -0.05) is 35.8 Å². The third-order valence-electron chi connectivity index (χ3n) is 3.71. The van der Waals surface area contributed by atoms with Crippen LogP contribution in [0.1, 0.15) is 30.7 Å². The van der Waals surface area contributed by atoms with E-state index in [-0.39, 0.29) is 0 Å². The summed E-state index contributed by atoms with van der Waals surface area (Å²) in [7, 11) is 0. The molecule has 0 amide bonds. The van der Waals surface area contributed by atoms with Gasteiger partial charge in [0.15, 0.2) is 5.58 Å². The molecule has 1 fully saturated rings. The molecule has 0 bridgehead atoms. The number of fused-ring (bicyclic) bond motifs is 1. The van der Waals surface area contributed by atoms with E-state index in [9.17, 15) is 4.79 Å². The summed E-state index contributed by atoms with van der Waals surface area (Å²) in [5.41, 5.74) is 2.99. The summed E-state index contributed by atoms with van der Waals surface area (Å²) in [5, 5.41) is 0. The molecule has 1 aromatic carbocycles. The van der Waals surface area contributed by atoms with Crippen LogP contribution in [0.4, 0.5) is 0 Å². The summed E-state index contributed by atoms with van der Waals surface area (Å²) in [6.45, 7) is 4.56. The molecule has 17 heavy (non-hydrogen) atoms. The van der Waals surface area contributed by atoms with Gasteiger partial charge in [-0.3, -0.25) is 4.98 Å². The normalized spacial score (nSPS) is 23.8. The van der Waals surface area contributed by atoms with Crippen LogP contribution in [-0.4, -0.2) is 4.98 Å². The summed E-state index contributed by atoms with van der Waals surface area (Å²) in [6, 6.07) is 5.89. The van der Waals surface area contributed by atoms with Gasteiger partial charge < -0.3 is 4.42 Å². The molecule has 1 saturated carbocycles. The molecule has 1 aliphatic carbocycles. The second kappa shape index (κ2) is 3.48. The highest BCUT2D eigenvalue weighted by atomic mass is 79.9. The number of hydrogen-bond donors (Lipinski definition) is 1. The van der Waals surface area contributed by atoms with Gasteiger partial charge in [0.05, 0.1) is 5.52 Å². The van der Waals surface area contributed by atoms with E-state index in [4.69, 9.17) is 4.42 Å². The topological polar surface area (TPSA) is 46.0 Å². The molecule has 1 N–H and O–H groups in total. The van der Waals surface area contributed by atoms with Gasteiger partial charge >= 0.3 is 5.76 Å². The zero-order valence-electron chi connectivity index (χ0n) is 9.79. The van der Waals surface area contributed by atoms with Crippen molar-refractivity contribution in [2.75, 3.05) is 0 Å². The smallest absolute Gasteiger partial charge is 0.408 e. The first-order valence-electron chi connectivity index (χ1n) is 5.74. The van der Waals surface area contributed by atoms with Crippen LogP contribution in [0.5, 0.6) is 0 Å². The molecule has 1 aliphatic rings. The number of halogens is 1. The van der Waals surface area contributed by atoms with Crippen molar-refractivity contribution in [3.8, 4) is 0 Å². The average Bonchev–Trinajstić information content (AvgIpc) is 2.73. The lowest BCUT2D eigenvalue weighted by Gasteiger charge is -2.11. The highest BCUT2D eigenvalue weighted by Crippen LogP contribution is 2.60. The molecule has 1 aromatic heterocycles. The lowest BCUT2D eigenvalue weighted by Crippen LogP contribution is -1.98. The molecule has 3 rings (SSSR count). The van der Waals surface area contributed by atoms with Crippen LogP contribution in [-0.2, 0) is 0 Å². The standard InChI is InChI=1S/C13H14BrNO2/c1-13(2)6-8(13)11(14)7-3-4-9-10(5-7)17-12(16)15-9/h3-5,8,11H,6H2,1-2H3,(H,15,16). The molecule has 2 aromatic rings. The largest absolute Gasteiger partial charge is 0.417 e. The first kappa shape index (κ1) is 11.1. The Hall–Kier alpha value is -1.03. The molecule has 0 aliphatic heterocycles. The number of alkyl halides is 1. The molecule has 1 heterocycles. The summed E-state index contributed by atoms with van der Waals surface area (Å²) in [6.07, 6.45) is 1.23. The SMILES string of the molecule is CC1(C)CC1C(Br)c1ccc2[nH]c(=O)oc2c1. The van der Waals surface area contributed by atoms with Crippen molar-refractivity contribution in [1.29, 1.82) is 0 Å². The molecular formula is C13H14BrNO2. The van der Waals surface area contributed by atoms with Gasteiger partial charge in [0.1, 0.15) is 0 Å². The summed E-state index contributed by atoms with van der Waals surface area (Å²) in [5.74, 6) is 0.264. The zero-order chi connectivity index (χ0) is 12.2. The predicted octanol–water partition coefficient (Wildman–Crippen LogP) is 3.60. The predicted molar refractivity (Wildman–Crippen MR) is 70.4 cm³/mol. The van der Waals surface area contributed by atoms with E-state index in [0.29, 0.717) is 21.7 Å². The number of hydrogen-bond acceptors (Lipinski definition) is 2. The van der Waals surface area contributed by atoms with Gasteiger partial charge in [-0.2, -0.15) is 0 Å². The molecule has 3 nitrogen and oxygen atoms in total. The summed E-state index contributed by atoms with van der Waals surface area (Å²) >= 11 is 3.75. The fraction of sp³-hybridized carbons (Fsp3) is 0.462. The maximum Gasteiger partial charge on any atom is 0.417 e. The van der Waals surface area contributed by atoms with Crippen molar-refractivity contribution in [2.45, 2.75) is 25.1 Å². The number of benzene rings is 1. The van der Waals surface area contributed by atoms with E-state index in [2.05, 4.69) is 34.8 Å². The minimum atomic E-state index is -0.393. The molecular weight excluding hydrogens is 282 g/mol. The number of aromatic amines is 1. The Bertz CT molecular complexity index is 626. The Morgan fingerprint density at radius 3 is 2.88 bits per heavy atom. The van der Waals surface area contributed by atoms with Gasteiger partial charge in [-0.15, -0.1) is 0 Å². The number of oxazole rings is 1. The quantitative estimate of drug-likeness (QED) is 0.861. The first-order chi connectivity index (χ1) is 7.97. The maximum absolute atomic E-state index is 11.1. The van der Waals surface area contributed by atoms with Gasteiger partial charge in [0.2, 0.25) is 0 Å². The third kappa shape index (κ3) is 1.84. The zero-order valence-corrected chi connectivity index (χ0v) is 11.4. The number of H-pyrrole nitrogens is 1. The average molecular weight is 296 g/mol. The first-order valence-corrected chi connectivity index (χ1v) is 6.66. The maximum atomic E-state index is 11.1. The monoisotopic (exact) mass is 295 g/mol. The van der Waals surface area contributed by atoms with Crippen molar-refractivity contribution < 1.29 is 4.42 Å². The molecule has 2 atom stereocenters. The van der Waals surface area contributed by atoms with E-state index in [1.165, 1.54) is 12.0 Å². The molecule has 0 radical (unpaired) electrons. The lowest BCUT2D eigenvalue weighted by molar-refractivity contribution is 0.549. The van der Waals surface area contributed by atoms with Crippen LogP contribution in [0.25, 0.3) is 11.1 Å². The minimum Gasteiger partial charge on any atom is -0.408 e. The number of rotatable bonds is 2. The van der Waals surface area contributed by atoms with E-state index in [0.717, 1.165) is 5.52 Å². The Labute approximate surface area is 107 Å². The van der Waals surface area contributed by atoms with Crippen LogP contribution in [0, 0.1) is 11.3 Å². The highest BCUT2D eigenvalue weighted by Gasteiger charge is 2.49. The van der Waals surface area contributed by atoms with Gasteiger partial charge in [-0.25, -0.2) is 4.79 Å². The molecule has 90 valence electrons. The van der Waals surface area contributed by atoms with Crippen molar-refractivity contribution >= 4 is 27.0 Å². The van der Waals surface area contributed by atoms with E-state index >= 15 is 0 Å².